The number of hydrogen-bond acceptors (Lipinski definition) is 5. The van der Waals surface area contributed by atoms with Crippen LogP contribution in [0.15, 0.2) is 24.3 Å². The molecule has 2 saturated heterocycles. The molecule has 2 aromatic rings. The molecule has 0 bridgehead atoms. The van der Waals surface area contributed by atoms with E-state index < -0.39 is 16.1 Å². The third-order valence-corrected chi connectivity index (χ3v) is 7.81. The molecule has 1 amide bonds. The Balaban J connectivity index is 0.00000289. The maximum Gasteiger partial charge on any atom is 0.409 e. The summed E-state index contributed by atoms with van der Waals surface area (Å²) >= 11 is 6.38. The summed E-state index contributed by atoms with van der Waals surface area (Å²) in [4.78, 5) is 18.6. The van der Waals surface area contributed by atoms with Gasteiger partial charge in [0.1, 0.15) is 5.82 Å². The number of rotatable bonds is 5. The standard InChI is InChI=1S/C20H26ClN5O4S.ClH/c1-31(29,30)26-8-6-12(7-9-26)14-10-16(22-11-14)19-24-17(18(21)25-19)13-2-4-15(5-3-13)23-20(27)28;/h2-5,12,14,16,22-23H,6-11H2,1H3,(H,24,25)(H,27,28);1H/t14-,16-;/m0./s1. The molecule has 4 N–H and O–H groups in total. The zero-order chi connectivity index (χ0) is 22.2. The Morgan fingerprint density at radius 3 is 2.47 bits per heavy atom. The predicted molar refractivity (Wildman–Crippen MR) is 126 cm³/mol. The molecule has 0 saturated carbocycles. The van der Waals surface area contributed by atoms with Gasteiger partial charge in [0, 0.05) is 24.3 Å². The van der Waals surface area contributed by atoms with E-state index >= 15 is 0 Å². The van der Waals surface area contributed by atoms with Gasteiger partial charge in [-0.1, -0.05) is 23.7 Å². The number of H-pyrrole nitrogens is 1. The zero-order valence-electron chi connectivity index (χ0n) is 17.5. The summed E-state index contributed by atoms with van der Waals surface area (Å²) < 4.78 is 25.0. The summed E-state index contributed by atoms with van der Waals surface area (Å²) in [7, 11) is -3.11. The van der Waals surface area contributed by atoms with E-state index in [1.807, 2.05) is 0 Å². The average molecular weight is 504 g/mol. The molecule has 0 unspecified atom stereocenters. The number of aromatic amines is 1. The Morgan fingerprint density at radius 2 is 1.88 bits per heavy atom. The van der Waals surface area contributed by atoms with Crippen molar-refractivity contribution in [3.8, 4) is 11.3 Å². The first-order valence-corrected chi connectivity index (χ1v) is 12.5. The van der Waals surface area contributed by atoms with Crippen molar-refractivity contribution in [3.63, 3.8) is 0 Å². The normalized spacial score (nSPS) is 22.4. The number of piperidine rings is 1. The fraction of sp³-hybridized carbons (Fsp3) is 0.500. The molecular weight excluding hydrogens is 477 g/mol. The largest absolute Gasteiger partial charge is 0.465 e. The molecule has 4 rings (SSSR count). The van der Waals surface area contributed by atoms with E-state index in [-0.39, 0.29) is 18.4 Å². The molecule has 3 heterocycles. The zero-order valence-corrected chi connectivity index (χ0v) is 19.9. The summed E-state index contributed by atoms with van der Waals surface area (Å²) in [5.41, 5.74) is 2.00. The van der Waals surface area contributed by atoms with Crippen LogP contribution in [0.4, 0.5) is 10.5 Å². The molecule has 2 aliphatic heterocycles. The van der Waals surface area contributed by atoms with Gasteiger partial charge in [0.2, 0.25) is 10.0 Å². The molecule has 2 aliphatic rings. The van der Waals surface area contributed by atoms with E-state index in [1.54, 1.807) is 28.6 Å². The number of nitrogens with zero attached hydrogens (tertiary/aromatic N) is 2. The third kappa shape index (κ3) is 5.55. The highest BCUT2D eigenvalue weighted by Gasteiger charge is 2.36. The van der Waals surface area contributed by atoms with Gasteiger partial charge in [-0.15, -0.1) is 12.4 Å². The molecule has 2 fully saturated rings. The molecule has 1 aromatic carbocycles. The van der Waals surface area contributed by atoms with Gasteiger partial charge >= 0.3 is 6.09 Å². The van der Waals surface area contributed by atoms with Gasteiger partial charge in [0.05, 0.1) is 18.0 Å². The number of carboxylic acid groups (broad SMARTS) is 1. The smallest absolute Gasteiger partial charge is 0.409 e. The van der Waals surface area contributed by atoms with Crippen molar-refractivity contribution < 1.29 is 18.3 Å². The molecular formula is C20H27Cl2N5O4S. The van der Waals surface area contributed by atoms with Crippen LogP contribution in [0.3, 0.4) is 0 Å². The lowest BCUT2D eigenvalue weighted by atomic mass is 9.83. The lowest BCUT2D eigenvalue weighted by Gasteiger charge is -2.33. The summed E-state index contributed by atoms with van der Waals surface area (Å²) in [6, 6.07) is 6.99. The molecule has 0 aliphatic carbocycles. The van der Waals surface area contributed by atoms with Crippen LogP contribution in [0.1, 0.15) is 31.1 Å². The Labute approximate surface area is 198 Å². The van der Waals surface area contributed by atoms with Gasteiger partial charge in [0.25, 0.3) is 0 Å². The van der Waals surface area contributed by atoms with Crippen LogP contribution >= 0.6 is 24.0 Å². The number of hydrogen-bond donors (Lipinski definition) is 4. The second-order valence-corrected chi connectivity index (χ2v) is 10.6. The quantitative estimate of drug-likeness (QED) is 0.493. The number of benzene rings is 1. The molecule has 12 heteroatoms. The highest BCUT2D eigenvalue weighted by atomic mass is 35.5. The van der Waals surface area contributed by atoms with Gasteiger partial charge in [-0.3, -0.25) is 5.32 Å². The van der Waals surface area contributed by atoms with Crippen LogP contribution in [-0.4, -0.2) is 59.8 Å². The fourth-order valence-electron chi connectivity index (χ4n) is 4.58. The van der Waals surface area contributed by atoms with Crippen molar-refractivity contribution in [2.75, 3.05) is 31.2 Å². The first kappa shape index (κ1) is 24.8. The van der Waals surface area contributed by atoms with Crippen molar-refractivity contribution in [2.45, 2.75) is 25.3 Å². The maximum absolute atomic E-state index is 11.7. The monoisotopic (exact) mass is 503 g/mol. The average Bonchev–Trinajstić information content (AvgIpc) is 3.35. The van der Waals surface area contributed by atoms with Crippen LogP contribution in [0.2, 0.25) is 5.15 Å². The SMILES string of the molecule is CS(=O)(=O)N1CCC([C@@H]2CN[C@H](c3nc(Cl)c(-c4ccc(NC(=O)O)cc4)[nH]3)C2)CC1.Cl. The predicted octanol–water partition coefficient (Wildman–Crippen LogP) is 3.56. The Hall–Kier alpha value is -1.85. The van der Waals surface area contributed by atoms with Gasteiger partial charge < -0.3 is 15.4 Å². The Kier molecular flexibility index (Phi) is 7.72. The van der Waals surface area contributed by atoms with E-state index in [0.29, 0.717) is 41.5 Å². The van der Waals surface area contributed by atoms with E-state index in [0.717, 1.165) is 37.2 Å². The number of nitrogens with one attached hydrogen (secondary N) is 3. The minimum atomic E-state index is -3.11. The van der Waals surface area contributed by atoms with Gasteiger partial charge in [-0.2, -0.15) is 0 Å². The lowest BCUT2D eigenvalue weighted by molar-refractivity contribution is 0.209. The number of sulfonamides is 1. The van der Waals surface area contributed by atoms with Crippen LogP contribution in [-0.2, 0) is 10.0 Å². The molecule has 2 atom stereocenters. The van der Waals surface area contributed by atoms with E-state index in [9.17, 15) is 13.2 Å². The minimum Gasteiger partial charge on any atom is -0.465 e. The number of aromatic nitrogens is 2. The number of carbonyl (C=O) groups is 1. The molecule has 176 valence electrons. The van der Waals surface area contributed by atoms with Crippen molar-refractivity contribution in [1.82, 2.24) is 19.6 Å². The number of halogens is 2. The lowest BCUT2D eigenvalue weighted by Crippen LogP contribution is -2.39. The number of imidazole rings is 1. The van der Waals surface area contributed by atoms with Gasteiger partial charge in [-0.25, -0.2) is 22.5 Å². The first-order valence-electron chi connectivity index (χ1n) is 10.2. The topological polar surface area (TPSA) is 127 Å². The molecule has 1 aromatic heterocycles. The minimum absolute atomic E-state index is 0. The second-order valence-electron chi connectivity index (χ2n) is 8.25. The second kappa shape index (κ2) is 9.96. The third-order valence-electron chi connectivity index (χ3n) is 6.23. The molecule has 0 spiro atoms. The van der Waals surface area contributed by atoms with Crippen LogP contribution < -0.4 is 10.6 Å². The van der Waals surface area contributed by atoms with Gasteiger partial charge in [-0.05, 0) is 49.8 Å². The summed E-state index contributed by atoms with van der Waals surface area (Å²) in [5.74, 6) is 1.75. The molecule has 9 nitrogen and oxygen atoms in total. The summed E-state index contributed by atoms with van der Waals surface area (Å²) in [6.07, 6.45) is 2.85. The number of amides is 1. The van der Waals surface area contributed by atoms with Crippen molar-refractivity contribution in [1.29, 1.82) is 0 Å². The number of anilines is 1. The van der Waals surface area contributed by atoms with Crippen molar-refractivity contribution in [2.24, 2.45) is 11.8 Å². The highest BCUT2D eigenvalue weighted by molar-refractivity contribution is 7.88. The van der Waals surface area contributed by atoms with Crippen LogP contribution in [0.5, 0.6) is 0 Å². The van der Waals surface area contributed by atoms with Crippen LogP contribution in [0.25, 0.3) is 11.3 Å². The molecule has 0 radical (unpaired) electrons. The Morgan fingerprint density at radius 1 is 1.22 bits per heavy atom. The maximum atomic E-state index is 11.7. The van der Waals surface area contributed by atoms with E-state index in [2.05, 4.69) is 20.6 Å². The summed E-state index contributed by atoms with van der Waals surface area (Å²) in [6.45, 7) is 2.06. The van der Waals surface area contributed by atoms with Crippen LogP contribution in [0, 0.1) is 11.8 Å². The van der Waals surface area contributed by atoms with E-state index in [1.165, 1.54) is 6.26 Å². The van der Waals surface area contributed by atoms with Crippen molar-refractivity contribution in [3.05, 3.63) is 35.2 Å². The van der Waals surface area contributed by atoms with E-state index in [4.69, 9.17) is 16.7 Å². The fourth-order valence-corrected chi connectivity index (χ4v) is 5.70. The highest BCUT2D eigenvalue weighted by Crippen LogP contribution is 2.37. The van der Waals surface area contributed by atoms with Gasteiger partial charge in [0.15, 0.2) is 5.15 Å². The summed E-state index contributed by atoms with van der Waals surface area (Å²) in [5, 5.41) is 15.0. The molecule has 32 heavy (non-hydrogen) atoms. The first-order chi connectivity index (χ1) is 14.7. The van der Waals surface area contributed by atoms with Crippen molar-refractivity contribution >= 4 is 45.8 Å². The Bertz CT molecular complexity index is 1050.